The highest BCUT2D eigenvalue weighted by molar-refractivity contribution is 7.89. The summed E-state index contributed by atoms with van der Waals surface area (Å²) < 4.78 is 69.5. The summed E-state index contributed by atoms with van der Waals surface area (Å²) in [6, 6.07) is -0.0104. The zero-order valence-corrected chi connectivity index (χ0v) is 15.9. The Labute approximate surface area is 151 Å². The van der Waals surface area contributed by atoms with E-state index in [0.29, 0.717) is 6.54 Å². The van der Waals surface area contributed by atoms with Gasteiger partial charge in [-0.3, -0.25) is 0 Å². The van der Waals surface area contributed by atoms with Gasteiger partial charge in [0.25, 0.3) is 0 Å². The maximum Gasteiger partial charge on any atom is 0.401 e. The van der Waals surface area contributed by atoms with E-state index < -0.39 is 27.4 Å². The molecule has 1 fully saturated rings. The highest BCUT2D eigenvalue weighted by atomic mass is 32.2. The van der Waals surface area contributed by atoms with E-state index in [-0.39, 0.29) is 23.7 Å². The number of nitrogens with one attached hydrogen (secondary N) is 2. The van der Waals surface area contributed by atoms with Gasteiger partial charge in [0.2, 0.25) is 10.0 Å². The second-order valence-electron chi connectivity index (χ2n) is 7.16. The molecular formula is C15H25F3N4O3S. The van der Waals surface area contributed by atoms with Crippen LogP contribution in [0.1, 0.15) is 52.3 Å². The van der Waals surface area contributed by atoms with Crippen molar-refractivity contribution in [3.05, 3.63) is 5.82 Å². The molecule has 1 heterocycles. The number of halogens is 3. The van der Waals surface area contributed by atoms with Crippen LogP contribution in [0.3, 0.4) is 0 Å². The van der Waals surface area contributed by atoms with Crippen LogP contribution in [0, 0.1) is 5.92 Å². The second kappa shape index (κ2) is 7.71. The lowest BCUT2D eigenvalue weighted by atomic mass is 9.86. The predicted octanol–water partition coefficient (Wildman–Crippen LogP) is 2.82. The summed E-state index contributed by atoms with van der Waals surface area (Å²) in [4.78, 5) is 3.84. The lowest BCUT2D eigenvalue weighted by Crippen LogP contribution is -2.37. The topological polar surface area (TPSA) is 97.1 Å². The number of sulfonamides is 1. The van der Waals surface area contributed by atoms with Gasteiger partial charge < -0.3 is 9.84 Å². The fourth-order valence-corrected chi connectivity index (χ4v) is 3.39. The maximum absolute atomic E-state index is 13.0. The zero-order chi connectivity index (χ0) is 19.6. The maximum atomic E-state index is 13.0. The van der Waals surface area contributed by atoms with Gasteiger partial charge in [0.15, 0.2) is 5.82 Å². The minimum absolute atomic E-state index is 0.0105. The first kappa shape index (κ1) is 20.9. The first-order valence-corrected chi connectivity index (χ1v) is 10.2. The molecule has 0 spiro atoms. The summed E-state index contributed by atoms with van der Waals surface area (Å²) in [6.07, 6.45) is -1.37. The molecule has 11 heteroatoms. The van der Waals surface area contributed by atoms with Crippen molar-refractivity contribution in [1.82, 2.24) is 14.9 Å². The Morgan fingerprint density at radius 3 is 2.35 bits per heavy atom. The van der Waals surface area contributed by atoms with Gasteiger partial charge in [-0.15, -0.1) is 0 Å². The van der Waals surface area contributed by atoms with E-state index in [4.69, 9.17) is 4.52 Å². The number of anilines is 1. The molecule has 0 radical (unpaired) electrons. The van der Waals surface area contributed by atoms with Gasteiger partial charge in [-0.25, -0.2) is 13.1 Å². The fourth-order valence-electron chi connectivity index (χ4n) is 2.70. The highest BCUT2D eigenvalue weighted by Gasteiger charge is 2.52. The molecule has 7 nitrogen and oxygen atoms in total. The molecule has 0 aromatic carbocycles. The Bertz CT molecular complexity index is 695. The van der Waals surface area contributed by atoms with Crippen molar-refractivity contribution >= 4 is 16.0 Å². The minimum Gasteiger partial charge on any atom is -0.335 e. The van der Waals surface area contributed by atoms with Gasteiger partial charge in [0, 0.05) is 12.6 Å². The Kier molecular flexibility index (Phi) is 6.21. The molecule has 150 valence electrons. The molecule has 1 aromatic rings. The number of nitrogens with zero attached hydrogens (tertiary/aromatic N) is 2. The normalized spacial score (nSPS) is 22.4. The number of alkyl halides is 3. The lowest BCUT2D eigenvalue weighted by Gasteiger charge is -2.28. The summed E-state index contributed by atoms with van der Waals surface area (Å²) >= 11 is 0. The SMILES string of the molecule is CCS(=O)(=O)NC[C@H]1CC[C@H](Nc2nc(C(C)(C)C(F)(F)F)no2)CC1. The summed E-state index contributed by atoms with van der Waals surface area (Å²) in [6.45, 7) is 4.00. The zero-order valence-electron chi connectivity index (χ0n) is 15.1. The second-order valence-corrected chi connectivity index (χ2v) is 9.26. The van der Waals surface area contributed by atoms with Crippen LogP contribution < -0.4 is 10.0 Å². The van der Waals surface area contributed by atoms with E-state index in [2.05, 4.69) is 20.2 Å². The molecule has 2 rings (SSSR count). The predicted molar refractivity (Wildman–Crippen MR) is 90.2 cm³/mol. The molecular weight excluding hydrogens is 373 g/mol. The Hall–Kier alpha value is -1.36. The molecule has 2 N–H and O–H groups in total. The summed E-state index contributed by atoms with van der Waals surface area (Å²) in [5.41, 5.74) is -2.19. The van der Waals surface area contributed by atoms with E-state index in [1.165, 1.54) is 0 Å². The van der Waals surface area contributed by atoms with Gasteiger partial charge in [-0.2, -0.15) is 18.2 Å². The van der Waals surface area contributed by atoms with Gasteiger partial charge in [-0.05, 0) is 52.4 Å². The van der Waals surface area contributed by atoms with E-state index >= 15 is 0 Å². The monoisotopic (exact) mass is 398 g/mol. The number of aromatic nitrogens is 2. The van der Waals surface area contributed by atoms with Gasteiger partial charge >= 0.3 is 12.2 Å². The van der Waals surface area contributed by atoms with Crippen molar-refractivity contribution < 1.29 is 26.1 Å². The third-order valence-corrected chi connectivity index (χ3v) is 6.21. The minimum atomic E-state index is -4.47. The Morgan fingerprint density at radius 1 is 1.19 bits per heavy atom. The van der Waals surface area contributed by atoms with Crippen LogP contribution in [0.2, 0.25) is 0 Å². The van der Waals surface area contributed by atoms with E-state index in [0.717, 1.165) is 39.5 Å². The quantitative estimate of drug-likeness (QED) is 0.733. The molecule has 0 aliphatic heterocycles. The summed E-state index contributed by atoms with van der Waals surface area (Å²) in [5.74, 6) is -0.107. The molecule has 0 saturated heterocycles. The molecule has 26 heavy (non-hydrogen) atoms. The molecule has 0 unspecified atom stereocenters. The first-order valence-electron chi connectivity index (χ1n) is 8.59. The average Bonchev–Trinajstić information content (AvgIpc) is 3.02. The third-order valence-electron chi connectivity index (χ3n) is 4.84. The molecule has 1 aromatic heterocycles. The van der Waals surface area contributed by atoms with Crippen molar-refractivity contribution in [3.8, 4) is 0 Å². The third kappa shape index (κ3) is 5.09. The largest absolute Gasteiger partial charge is 0.401 e. The Balaban J connectivity index is 1.85. The average molecular weight is 398 g/mol. The molecule has 1 saturated carbocycles. The number of hydrogen-bond donors (Lipinski definition) is 2. The smallest absolute Gasteiger partial charge is 0.335 e. The van der Waals surface area contributed by atoms with Crippen molar-refractivity contribution in [2.24, 2.45) is 5.92 Å². The lowest BCUT2D eigenvalue weighted by molar-refractivity contribution is -0.182. The summed E-state index contributed by atoms with van der Waals surface area (Å²) in [5, 5.41) is 6.44. The fraction of sp³-hybridized carbons (Fsp3) is 0.867. The molecule has 0 atom stereocenters. The van der Waals surface area contributed by atoms with E-state index in [1.807, 2.05) is 0 Å². The van der Waals surface area contributed by atoms with Gasteiger partial charge in [-0.1, -0.05) is 5.16 Å². The standard InChI is InChI=1S/C15H25F3N4O3S/c1-4-26(23,24)19-9-10-5-7-11(8-6-10)20-13-21-12(22-25-13)14(2,3)15(16,17)18/h10-11,19H,4-9H2,1-3H3,(H,20,21,22)/t10-,11-. The van der Waals surface area contributed by atoms with Crippen molar-refractivity contribution in [2.45, 2.75) is 64.1 Å². The Morgan fingerprint density at radius 2 is 1.81 bits per heavy atom. The molecule has 1 aliphatic carbocycles. The van der Waals surface area contributed by atoms with Crippen LogP contribution >= 0.6 is 0 Å². The highest BCUT2D eigenvalue weighted by Crippen LogP contribution is 2.39. The van der Waals surface area contributed by atoms with E-state index in [9.17, 15) is 21.6 Å². The van der Waals surface area contributed by atoms with Gasteiger partial charge in [0.1, 0.15) is 5.41 Å². The summed E-state index contributed by atoms with van der Waals surface area (Å²) in [7, 11) is -3.20. The van der Waals surface area contributed by atoms with Crippen LogP contribution in [0.25, 0.3) is 0 Å². The molecule has 1 aliphatic rings. The molecule has 0 amide bonds. The van der Waals surface area contributed by atoms with Crippen molar-refractivity contribution in [2.75, 3.05) is 17.6 Å². The van der Waals surface area contributed by atoms with E-state index in [1.54, 1.807) is 6.92 Å². The van der Waals surface area contributed by atoms with Crippen molar-refractivity contribution in [1.29, 1.82) is 0 Å². The van der Waals surface area contributed by atoms with Crippen LogP contribution in [0.15, 0.2) is 4.52 Å². The van der Waals surface area contributed by atoms with Crippen LogP contribution in [0.4, 0.5) is 19.2 Å². The molecule has 0 bridgehead atoms. The first-order chi connectivity index (χ1) is 11.9. The van der Waals surface area contributed by atoms with Crippen molar-refractivity contribution in [3.63, 3.8) is 0 Å². The van der Waals surface area contributed by atoms with Crippen LogP contribution in [0.5, 0.6) is 0 Å². The van der Waals surface area contributed by atoms with Crippen LogP contribution in [-0.4, -0.2) is 43.1 Å². The number of hydrogen-bond acceptors (Lipinski definition) is 6. The van der Waals surface area contributed by atoms with Crippen LogP contribution in [-0.2, 0) is 15.4 Å². The van der Waals surface area contributed by atoms with Gasteiger partial charge in [0.05, 0.1) is 5.75 Å². The number of rotatable bonds is 7.